The highest BCUT2D eigenvalue weighted by Crippen LogP contribution is 2.23. The van der Waals surface area contributed by atoms with Crippen LogP contribution in [0.25, 0.3) is 10.9 Å². The molecule has 0 saturated heterocycles. The predicted octanol–water partition coefficient (Wildman–Crippen LogP) is 3.40. The lowest BCUT2D eigenvalue weighted by Crippen LogP contribution is -2.21. The van der Waals surface area contributed by atoms with E-state index in [1.807, 2.05) is 42.6 Å². The molecule has 0 aliphatic heterocycles. The van der Waals surface area contributed by atoms with E-state index in [4.69, 9.17) is 11.6 Å². The third-order valence-corrected chi connectivity index (χ3v) is 3.18. The van der Waals surface area contributed by atoms with Crippen molar-refractivity contribution in [2.24, 2.45) is 0 Å². The smallest absolute Gasteiger partial charge is 0.0738 e. The molecule has 20 heavy (non-hydrogen) atoms. The van der Waals surface area contributed by atoms with Gasteiger partial charge in [-0.05, 0) is 35.9 Å². The van der Waals surface area contributed by atoms with Crippen molar-refractivity contribution in [2.45, 2.75) is 6.54 Å². The van der Waals surface area contributed by atoms with Crippen LogP contribution in [0.1, 0.15) is 5.56 Å². The van der Waals surface area contributed by atoms with Gasteiger partial charge in [-0.15, -0.1) is 0 Å². The number of nitrogens with zero attached hydrogens (tertiary/aromatic N) is 2. The fraction of sp³-hybridized carbons (Fsp3) is 0.0667. The van der Waals surface area contributed by atoms with Gasteiger partial charge < -0.3 is 5.43 Å². The van der Waals surface area contributed by atoms with Crippen molar-refractivity contribution >= 4 is 28.2 Å². The van der Waals surface area contributed by atoms with Gasteiger partial charge in [0.25, 0.3) is 0 Å². The van der Waals surface area contributed by atoms with E-state index >= 15 is 0 Å². The largest absolute Gasteiger partial charge is 0.320 e. The minimum atomic E-state index is 0.686. The maximum Gasteiger partial charge on any atom is 0.0738 e. The Morgan fingerprint density at radius 3 is 2.90 bits per heavy atom. The van der Waals surface area contributed by atoms with Crippen LogP contribution in [0, 0.1) is 0 Å². The number of nitrogens with one attached hydrogen (secondary N) is 2. The lowest BCUT2D eigenvalue weighted by molar-refractivity contribution is 0.798. The van der Waals surface area contributed by atoms with E-state index in [-0.39, 0.29) is 0 Å². The second-order valence-corrected chi connectivity index (χ2v) is 4.80. The molecule has 5 heteroatoms. The van der Waals surface area contributed by atoms with Gasteiger partial charge >= 0.3 is 0 Å². The zero-order chi connectivity index (χ0) is 13.8. The summed E-state index contributed by atoms with van der Waals surface area (Å²) >= 11 is 5.97. The number of anilines is 1. The van der Waals surface area contributed by atoms with Crippen LogP contribution >= 0.6 is 11.6 Å². The van der Waals surface area contributed by atoms with Crippen LogP contribution in [-0.2, 0) is 6.54 Å². The normalized spacial score (nSPS) is 10.7. The number of hydrogen-bond donors (Lipinski definition) is 2. The fourth-order valence-electron chi connectivity index (χ4n) is 1.97. The monoisotopic (exact) mass is 284 g/mol. The second-order valence-electron chi connectivity index (χ2n) is 4.36. The zero-order valence-corrected chi connectivity index (χ0v) is 11.4. The third kappa shape index (κ3) is 2.87. The maximum absolute atomic E-state index is 5.97. The molecule has 0 aliphatic rings. The van der Waals surface area contributed by atoms with E-state index < -0.39 is 0 Å². The summed E-state index contributed by atoms with van der Waals surface area (Å²) in [6.07, 6.45) is 5.35. The summed E-state index contributed by atoms with van der Waals surface area (Å²) in [5.41, 5.74) is 9.32. The Morgan fingerprint density at radius 1 is 1.10 bits per heavy atom. The molecule has 0 amide bonds. The van der Waals surface area contributed by atoms with Crippen LogP contribution in [0.4, 0.5) is 5.69 Å². The molecule has 0 fully saturated rings. The van der Waals surface area contributed by atoms with E-state index in [2.05, 4.69) is 20.8 Å². The number of fused-ring (bicyclic) bond motifs is 1. The first-order chi connectivity index (χ1) is 9.83. The van der Waals surface area contributed by atoms with Gasteiger partial charge in [0.15, 0.2) is 0 Å². The Labute approximate surface area is 121 Å². The van der Waals surface area contributed by atoms with Gasteiger partial charge in [0, 0.05) is 35.5 Å². The maximum atomic E-state index is 5.97. The SMILES string of the molecule is Clc1ccc2c(NNCc3cccnc3)ccnc2c1. The molecule has 0 atom stereocenters. The Kier molecular flexibility index (Phi) is 3.76. The molecule has 0 aliphatic carbocycles. The number of hydrogen-bond acceptors (Lipinski definition) is 4. The van der Waals surface area contributed by atoms with Crippen molar-refractivity contribution in [3.63, 3.8) is 0 Å². The Morgan fingerprint density at radius 2 is 2.05 bits per heavy atom. The first-order valence-electron chi connectivity index (χ1n) is 6.25. The molecule has 0 saturated carbocycles. The lowest BCUT2D eigenvalue weighted by Gasteiger charge is -2.10. The highest BCUT2D eigenvalue weighted by atomic mass is 35.5. The van der Waals surface area contributed by atoms with Gasteiger partial charge in [0.2, 0.25) is 0 Å². The van der Waals surface area contributed by atoms with Gasteiger partial charge in [0.1, 0.15) is 0 Å². The van der Waals surface area contributed by atoms with E-state index in [0.717, 1.165) is 22.2 Å². The van der Waals surface area contributed by atoms with Crippen LogP contribution in [0.5, 0.6) is 0 Å². The van der Waals surface area contributed by atoms with Crippen LogP contribution < -0.4 is 10.9 Å². The number of pyridine rings is 2. The Hall–Kier alpha value is -2.17. The minimum absolute atomic E-state index is 0.686. The molecule has 2 heterocycles. The molecule has 0 bridgehead atoms. The molecule has 4 nitrogen and oxygen atoms in total. The van der Waals surface area contributed by atoms with Crippen molar-refractivity contribution < 1.29 is 0 Å². The first kappa shape index (κ1) is 12.8. The summed E-state index contributed by atoms with van der Waals surface area (Å²) in [6.45, 7) is 0.686. The molecular formula is C15H13ClN4. The average Bonchev–Trinajstić information content (AvgIpc) is 2.48. The Bertz CT molecular complexity index is 715. The van der Waals surface area contributed by atoms with Crippen molar-refractivity contribution in [2.75, 3.05) is 5.43 Å². The summed E-state index contributed by atoms with van der Waals surface area (Å²) < 4.78 is 0. The summed E-state index contributed by atoms with van der Waals surface area (Å²) in [5, 5.41) is 1.71. The van der Waals surface area contributed by atoms with Crippen LogP contribution in [0.3, 0.4) is 0 Å². The van der Waals surface area contributed by atoms with Gasteiger partial charge in [-0.25, -0.2) is 5.43 Å². The molecule has 1 aromatic carbocycles. The summed E-state index contributed by atoms with van der Waals surface area (Å²) in [6, 6.07) is 11.5. The van der Waals surface area contributed by atoms with E-state index in [1.54, 1.807) is 12.4 Å². The van der Waals surface area contributed by atoms with Crippen molar-refractivity contribution in [1.29, 1.82) is 0 Å². The van der Waals surface area contributed by atoms with Gasteiger partial charge in [-0.3, -0.25) is 9.97 Å². The standard InChI is InChI=1S/C15H13ClN4/c16-12-3-4-13-14(5-7-18-15(13)8-12)20-19-10-11-2-1-6-17-9-11/h1-9,19H,10H2,(H,18,20). The highest BCUT2D eigenvalue weighted by molar-refractivity contribution is 6.31. The van der Waals surface area contributed by atoms with Gasteiger partial charge in [-0.1, -0.05) is 17.7 Å². The van der Waals surface area contributed by atoms with E-state index in [9.17, 15) is 0 Å². The highest BCUT2D eigenvalue weighted by Gasteiger charge is 2.02. The third-order valence-electron chi connectivity index (χ3n) is 2.94. The van der Waals surface area contributed by atoms with Crippen LogP contribution in [0.15, 0.2) is 55.0 Å². The predicted molar refractivity (Wildman–Crippen MR) is 81.5 cm³/mol. The van der Waals surface area contributed by atoms with Crippen LogP contribution in [0.2, 0.25) is 5.02 Å². The molecule has 3 rings (SSSR count). The fourth-order valence-corrected chi connectivity index (χ4v) is 2.14. The van der Waals surface area contributed by atoms with Crippen molar-refractivity contribution in [3.05, 3.63) is 65.6 Å². The van der Waals surface area contributed by atoms with Crippen molar-refractivity contribution in [1.82, 2.24) is 15.4 Å². The molecule has 0 radical (unpaired) electrons. The summed E-state index contributed by atoms with van der Waals surface area (Å²) in [7, 11) is 0. The van der Waals surface area contributed by atoms with Gasteiger partial charge in [0.05, 0.1) is 11.2 Å². The molecular weight excluding hydrogens is 272 g/mol. The quantitative estimate of drug-likeness (QED) is 0.721. The topological polar surface area (TPSA) is 49.8 Å². The van der Waals surface area contributed by atoms with Crippen LogP contribution in [-0.4, -0.2) is 9.97 Å². The van der Waals surface area contributed by atoms with Crippen molar-refractivity contribution in [3.8, 4) is 0 Å². The number of hydrazine groups is 1. The Balaban J connectivity index is 1.74. The number of rotatable bonds is 4. The molecule has 2 N–H and O–H groups in total. The average molecular weight is 285 g/mol. The molecule has 100 valence electrons. The summed E-state index contributed by atoms with van der Waals surface area (Å²) in [5.74, 6) is 0. The zero-order valence-electron chi connectivity index (χ0n) is 10.7. The molecule has 0 unspecified atom stereocenters. The van der Waals surface area contributed by atoms with E-state index in [0.29, 0.717) is 11.6 Å². The lowest BCUT2D eigenvalue weighted by atomic mass is 10.2. The van der Waals surface area contributed by atoms with E-state index in [1.165, 1.54) is 0 Å². The van der Waals surface area contributed by atoms with Gasteiger partial charge in [-0.2, -0.15) is 0 Å². The molecule has 0 spiro atoms. The number of aromatic nitrogens is 2. The second kappa shape index (κ2) is 5.86. The summed E-state index contributed by atoms with van der Waals surface area (Å²) in [4.78, 5) is 8.38. The first-order valence-corrected chi connectivity index (χ1v) is 6.63. The minimum Gasteiger partial charge on any atom is -0.320 e. The molecule has 2 aromatic heterocycles. The number of halogens is 1. The molecule has 3 aromatic rings. The number of benzene rings is 1.